The Balaban J connectivity index is 2.08. The van der Waals surface area contributed by atoms with Gasteiger partial charge in [0.2, 0.25) is 0 Å². The number of fused-ring (bicyclic) bond motifs is 1. The van der Waals surface area contributed by atoms with Crippen LogP contribution in [0.5, 0.6) is 0 Å². The Morgan fingerprint density at radius 2 is 2.05 bits per heavy atom. The van der Waals surface area contributed by atoms with Gasteiger partial charge in [0.05, 0.1) is 27.2 Å². The van der Waals surface area contributed by atoms with Crippen LogP contribution in [0.25, 0.3) is 11.0 Å². The number of hydrogen-bond donors (Lipinski definition) is 1. The molecule has 114 valence electrons. The fourth-order valence-corrected chi connectivity index (χ4v) is 3.87. The van der Waals surface area contributed by atoms with Crippen molar-refractivity contribution in [3.63, 3.8) is 0 Å². The molecule has 1 N–H and O–H groups in total. The second kappa shape index (κ2) is 5.27. The highest BCUT2D eigenvalue weighted by Crippen LogP contribution is 2.52. The highest BCUT2D eigenvalue weighted by atomic mass is 35.5. The lowest BCUT2D eigenvalue weighted by Gasteiger charge is -2.52. The Labute approximate surface area is 139 Å². The third kappa shape index (κ3) is 2.33. The summed E-state index contributed by atoms with van der Waals surface area (Å²) in [5.41, 5.74) is 1.96. The van der Waals surface area contributed by atoms with Gasteiger partial charge in [-0.1, -0.05) is 37.0 Å². The summed E-state index contributed by atoms with van der Waals surface area (Å²) in [7, 11) is 0. The van der Waals surface area contributed by atoms with Crippen molar-refractivity contribution in [3.8, 4) is 0 Å². The van der Waals surface area contributed by atoms with Crippen molar-refractivity contribution < 1.29 is 4.74 Å². The minimum absolute atomic E-state index is 0.0372. The summed E-state index contributed by atoms with van der Waals surface area (Å²) < 4.78 is 8.67. The first kappa shape index (κ1) is 15.3. The standard InChI is InChI=1S/C15H18Cl2N2OS/c1-4-20-13-7-12(15(13,2)3)19-11-6-9(17)8(16)5-10(11)18-14(19)21/h5-6,12-13H,4,7H2,1-3H3,(H,18,21). The van der Waals surface area contributed by atoms with Crippen molar-refractivity contribution in [1.82, 2.24) is 9.55 Å². The van der Waals surface area contributed by atoms with Crippen molar-refractivity contribution in [2.24, 2.45) is 5.41 Å². The molecule has 1 aliphatic carbocycles. The number of imidazole rings is 1. The van der Waals surface area contributed by atoms with E-state index in [0.717, 1.165) is 24.1 Å². The molecular weight excluding hydrogens is 327 g/mol. The Bertz CT molecular complexity index is 750. The van der Waals surface area contributed by atoms with Crippen LogP contribution in [0, 0.1) is 10.2 Å². The van der Waals surface area contributed by atoms with Crippen molar-refractivity contribution in [3.05, 3.63) is 26.9 Å². The van der Waals surface area contributed by atoms with E-state index in [4.69, 9.17) is 40.2 Å². The number of rotatable bonds is 3. The van der Waals surface area contributed by atoms with E-state index in [1.165, 1.54) is 0 Å². The van der Waals surface area contributed by atoms with E-state index in [0.29, 0.717) is 20.9 Å². The molecule has 1 fully saturated rings. The molecule has 0 spiro atoms. The van der Waals surface area contributed by atoms with E-state index in [2.05, 4.69) is 23.4 Å². The Morgan fingerprint density at radius 1 is 1.38 bits per heavy atom. The predicted octanol–water partition coefficient (Wildman–Crippen LogP) is 5.38. The molecule has 2 aromatic rings. The number of aromatic nitrogens is 2. The van der Waals surface area contributed by atoms with Crippen LogP contribution in [0.15, 0.2) is 12.1 Å². The molecule has 1 aromatic heterocycles. The zero-order valence-electron chi connectivity index (χ0n) is 12.2. The van der Waals surface area contributed by atoms with Crippen molar-refractivity contribution in [2.45, 2.75) is 39.3 Å². The fourth-order valence-electron chi connectivity index (χ4n) is 3.22. The molecule has 0 radical (unpaired) electrons. The van der Waals surface area contributed by atoms with Crippen molar-refractivity contribution >= 4 is 46.5 Å². The Kier molecular flexibility index (Phi) is 3.85. The average molecular weight is 345 g/mol. The van der Waals surface area contributed by atoms with Gasteiger partial charge in [-0.15, -0.1) is 0 Å². The maximum absolute atomic E-state index is 6.17. The molecular formula is C15H18Cl2N2OS. The lowest BCUT2D eigenvalue weighted by atomic mass is 9.64. The SMILES string of the molecule is CCOC1CC(n2c(=S)[nH]c3cc(Cl)c(Cl)cc32)C1(C)C. The third-order valence-electron chi connectivity index (χ3n) is 4.56. The van der Waals surface area contributed by atoms with Gasteiger partial charge in [-0.05, 0) is 37.7 Å². The molecule has 0 bridgehead atoms. The summed E-state index contributed by atoms with van der Waals surface area (Å²) in [6.07, 6.45) is 1.23. The summed E-state index contributed by atoms with van der Waals surface area (Å²) in [6, 6.07) is 4.01. The van der Waals surface area contributed by atoms with E-state index in [1.54, 1.807) is 0 Å². The lowest BCUT2D eigenvalue weighted by molar-refractivity contribution is -0.127. The summed E-state index contributed by atoms with van der Waals surface area (Å²) in [5, 5.41) is 1.08. The third-order valence-corrected chi connectivity index (χ3v) is 5.58. The van der Waals surface area contributed by atoms with Gasteiger partial charge in [0.25, 0.3) is 0 Å². The van der Waals surface area contributed by atoms with E-state index in [-0.39, 0.29) is 11.5 Å². The number of ether oxygens (including phenoxy) is 1. The minimum Gasteiger partial charge on any atom is -0.378 e. The van der Waals surface area contributed by atoms with Gasteiger partial charge in [-0.3, -0.25) is 0 Å². The van der Waals surface area contributed by atoms with E-state index < -0.39 is 0 Å². The van der Waals surface area contributed by atoms with Crippen LogP contribution < -0.4 is 0 Å². The van der Waals surface area contributed by atoms with Crippen LogP contribution >= 0.6 is 35.4 Å². The molecule has 1 aromatic carbocycles. The summed E-state index contributed by atoms with van der Waals surface area (Å²) in [5.74, 6) is 0. The van der Waals surface area contributed by atoms with Gasteiger partial charge < -0.3 is 14.3 Å². The second-order valence-electron chi connectivity index (χ2n) is 6.10. The highest BCUT2D eigenvalue weighted by molar-refractivity contribution is 7.71. The van der Waals surface area contributed by atoms with Crippen LogP contribution in [0.3, 0.4) is 0 Å². The Morgan fingerprint density at radius 3 is 2.67 bits per heavy atom. The first-order valence-electron chi connectivity index (χ1n) is 7.07. The number of H-pyrrole nitrogens is 1. The fraction of sp³-hybridized carbons (Fsp3) is 0.533. The number of aromatic amines is 1. The first-order chi connectivity index (χ1) is 9.86. The van der Waals surface area contributed by atoms with E-state index in [9.17, 15) is 0 Å². The molecule has 0 amide bonds. The van der Waals surface area contributed by atoms with Gasteiger partial charge in [0.1, 0.15) is 0 Å². The van der Waals surface area contributed by atoms with E-state index in [1.807, 2.05) is 19.1 Å². The van der Waals surface area contributed by atoms with Crippen LogP contribution in [0.2, 0.25) is 10.0 Å². The van der Waals surface area contributed by atoms with Crippen LogP contribution in [-0.4, -0.2) is 22.3 Å². The largest absolute Gasteiger partial charge is 0.378 e. The molecule has 2 unspecified atom stereocenters. The molecule has 1 heterocycles. The number of benzene rings is 1. The lowest BCUT2D eigenvalue weighted by Crippen LogP contribution is -2.51. The topological polar surface area (TPSA) is 29.9 Å². The highest BCUT2D eigenvalue weighted by Gasteiger charge is 2.50. The first-order valence-corrected chi connectivity index (χ1v) is 8.23. The van der Waals surface area contributed by atoms with Gasteiger partial charge in [-0.2, -0.15) is 0 Å². The normalized spacial score (nSPS) is 24.2. The smallest absolute Gasteiger partial charge is 0.178 e. The Hall–Kier alpha value is -0.550. The van der Waals surface area contributed by atoms with E-state index >= 15 is 0 Å². The maximum atomic E-state index is 6.17. The maximum Gasteiger partial charge on any atom is 0.178 e. The summed E-state index contributed by atoms with van der Waals surface area (Å²) in [6.45, 7) is 7.21. The quantitative estimate of drug-likeness (QED) is 0.757. The van der Waals surface area contributed by atoms with Crippen LogP contribution in [0.1, 0.15) is 33.2 Å². The van der Waals surface area contributed by atoms with Gasteiger partial charge in [0.15, 0.2) is 4.77 Å². The average Bonchev–Trinajstić information content (AvgIpc) is 2.70. The van der Waals surface area contributed by atoms with Gasteiger partial charge >= 0.3 is 0 Å². The number of nitrogens with one attached hydrogen (secondary N) is 1. The molecule has 6 heteroatoms. The molecule has 3 nitrogen and oxygen atoms in total. The molecule has 1 saturated carbocycles. The minimum atomic E-state index is 0.0372. The van der Waals surface area contributed by atoms with Crippen LogP contribution in [0.4, 0.5) is 0 Å². The summed E-state index contributed by atoms with van der Waals surface area (Å²) in [4.78, 5) is 3.22. The van der Waals surface area contributed by atoms with Crippen molar-refractivity contribution in [1.29, 1.82) is 0 Å². The molecule has 3 rings (SSSR count). The molecule has 1 aliphatic rings. The molecule has 0 saturated heterocycles. The van der Waals surface area contributed by atoms with Crippen molar-refractivity contribution in [2.75, 3.05) is 6.61 Å². The molecule has 21 heavy (non-hydrogen) atoms. The number of nitrogens with zero attached hydrogens (tertiary/aromatic N) is 1. The zero-order chi connectivity index (χ0) is 15.4. The molecule has 0 aliphatic heterocycles. The monoisotopic (exact) mass is 344 g/mol. The zero-order valence-corrected chi connectivity index (χ0v) is 14.6. The predicted molar refractivity (Wildman–Crippen MR) is 90.0 cm³/mol. The van der Waals surface area contributed by atoms with Crippen LogP contribution in [-0.2, 0) is 4.74 Å². The van der Waals surface area contributed by atoms with Gasteiger partial charge in [0, 0.05) is 18.1 Å². The van der Waals surface area contributed by atoms with Gasteiger partial charge in [-0.25, -0.2) is 0 Å². The summed E-state index contributed by atoms with van der Waals surface area (Å²) >= 11 is 17.8. The number of halogens is 2. The molecule has 2 atom stereocenters. The second-order valence-corrected chi connectivity index (χ2v) is 7.30. The number of hydrogen-bond acceptors (Lipinski definition) is 2.